The average Bonchev–Trinajstić information content (AvgIpc) is 2.40. The summed E-state index contributed by atoms with van der Waals surface area (Å²) in [6, 6.07) is 0. The van der Waals surface area contributed by atoms with Crippen molar-refractivity contribution in [2.24, 2.45) is 11.8 Å². The molecule has 1 heterocycles. The van der Waals surface area contributed by atoms with E-state index in [1.54, 1.807) is 0 Å². The molecule has 1 aliphatic heterocycles. The summed E-state index contributed by atoms with van der Waals surface area (Å²) in [5, 5.41) is 0. The van der Waals surface area contributed by atoms with Crippen LogP contribution in [0.4, 0.5) is 0 Å². The van der Waals surface area contributed by atoms with E-state index in [1.807, 2.05) is 0 Å². The molecule has 2 fully saturated rings. The Labute approximate surface area is 105 Å². The summed E-state index contributed by atoms with van der Waals surface area (Å²) in [5.74, 6) is 0.994. The van der Waals surface area contributed by atoms with Gasteiger partial charge in [0.2, 0.25) is 0 Å². The molecule has 0 atom stereocenters. The van der Waals surface area contributed by atoms with Crippen molar-refractivity contribution in [1.82, 2.24) is 4.90 Å². The van der Waals surface area contributed by atoms with Gasteiger partial charge in [0.1, 0.15) is 0 Å². The Morgan fingerprint density at radius 2 is 1.76 bits per heavy atom. The lowest BCUT2D eigenvalue weighted by atomic mass is 9.81. The Morgan fingerprint density at radius 3 is 2.35 bits per heavy atom. The fourth-order valence-electron chi connectivity index (χ4n) is 3.25. The molecule has 2 rings (SSSR count). The number of ether oxygens (including phenoxy) is 1. The maximum Gasteiger partial charge on any atom is 0.308 e. The summed E-state index contributed by atoms with van der Waals surface area (Å²) in [5.41, 5.74) is 0. The molecule has 0 amide bonds. The maximum absolute atomic E-state index is 11.4. The number of hydrogen-bond donors (Lipinski definition) is 0. The molecule has 98 valence electrons. The lowest BCUT2D eigenvalue weighted by molar-refractivity contribution is -0.146. The number of carbonyl (C=O) groups is 1. The molecule has 0 aromatic carbocycles. The molecule has 0 bridgehead atoms. The van der Waals surface area contributed by atoms with Crippen molar-refractivity contribution in [3.63, 3.8) is 0 Å². The van der Waals surface area contributed by atoms with E-state index in [0.717, 1.165) is 18.8 Å². The molecule has 0 aromatic heterocycles. The van der Waals surface area contributed by atoms with Crippen LogP contribution in [0.15, 0.2) is 0 Å². The fraction of sp³-hybridized carbons (Fsp3) is 0.929. The van der Waals surface area contributed by atoms with Crippen LogP contribution in [0.2, 0.25) is 0 Å². The van der Waals surface area contributed by atoms with Crippen LogP contribution >= 0.6 is 0 Å². The SMILES string of the molecule is COC(=O)C1CCC(CN2CCCCC2)CC1. The van der Waals surface area contributed by atoms with Crippen LogP contribution in [0.3, 0.4) is 0 Å². The van der Waals surface area contributed by atoms with Gasteiger partial charge in [-0.15, -0.1) is 0 Å². The van der Waals surface area contributed by atoms with Gasteiger partial charge in [-0.05, 0) is 57.5 Å². The number of esters is 1. The Morgan fingerprint density at radius 1 is 1.12 bits per heavy atom. The quantitative estimate of drug-likeness (QED) is 0.709. The van der Waals surface area contributed by atoms with Gasteiger partial charge < -0.3 is 9.64 Å². The molecule has 0 unspecified atom stereocenters. The van der Waals surface area contributed by atoms with Gasteiger partial charge in [-0.3, -0.25) is 4.79 Å². The predicted octanol–water partition coefficient (Wildman–Crippen LogP) is 2.45. The molecule has 3 heteroatoms. The van der Waals surface area contributed by atoms with Gasteiger partial charge in [0.15, 0.2) is 0 Å². The van der Waals surface area contributed by atoms with Crippen LogP contribution in [0.5, 0.6) is 0 Å². The first kappa shape index (κ1) is 12.9. The number of likely N-dealkylation sites (tertiary alicyclic amines) is 1. The zero-order chi connectivity index (χ0) is 12.1. The third-order valence-electron chi connectivity index (χ3n) is 4.35. The molecular formula is C14H25NO2. The summed E-state index contributed by atoms with van der Waals surface area (Å²) in [6.45, 7) is 3.84. The largest absolute Gasteiger partial charge is 0.469 e. The van der Waals surface area contributed by atoms with E-state index in [4.69, 9.17) is 4.74 Å². The zero-order valence-corrected chi connectivity index (χ0v) is 11.0. The molecule has 0 spiro atoms. The van der Waals surface area contributed by atoms with Crippen molar-refractivity contribution in [2.45, 2.75) is 44.9 Å². The summed E-state index contributed by atoms with van der Waals surface area (Å²) < 4.78 is 4.83. The maximum atomic E-state index is 11.4. The Balaban J connectivity index is 1.69. The van der Waals surface area contributed by atoms with Crippen LogP contribution < -0.4 is 0 Å². The molecule has 1 saturated heterocycles. The Bertz CT molecular complexity index is 241. The van der Waals surface area contributed by atoms with Crippen LogP contribution in [0.25, 0.3) is 0 Å². The Kier molecular flexibility index (Phi) is 4.84. The van der Waals surface area contributed by atoms with Gasteiger partial charge in [0.25, 0.3) is 0 Å². The van der Waals surface area contributed by atoms with Crippen molar-refractivity contribution in [3.8, 4) is 0 Å². The first-order chi connectivity index (χ1) is 8.29. The molecule has 0 radical (unpaired) electrons. The highest BCUT2D eigenvalue weighted by atomic mass is 16.5. The topological polar surface area (TPSA) is 29.5 Å². The van der Waals surface area contributed by atoms with E-state index >= 15 is 0 Å². The van der Waals surface area contributed by atoms with E-state index in [2.05, 4.69) is 4.90 Å². The summed E-state index contributed by atoms with van der Waals surface area (Å²) in [7, 11) is 1.50. The molecule has 3 nitrogen and oxygen atoms in total. The number of nitrogens with zero attached hydrogens (tertiary/aromatic N) is 1. The van der Waals surface area contributed by atoms with Crippen molar-refractivity contribution in [1.29, 1.82) is 0 Å². The van der Waals surface area contributed by atoms with E-state index in [1.165, 1.54) is 58.8 Å². The lowest BCUT2D eigenvalue weighted by Crippen LogP contribution is -2.36. The summed E-state index contributed by atoms with van der Waals surface area (Å²) >= 11 is 0. The van der Waals surface area contributed by atoms with E-state index in [9.17, 15) is 4.79 Å². The zero-order valence-electron chi connectivity index (χ0n) is 11.0. The summed E-state index contributed by atoms with van der Waals surface area (Å²) in [6.07, 6.45) is 8.63. The van der Waals surface area contributed by atoms with Crippen LogP contribution in [-0.4, -0.2) is 37.6 Å². The minimum atomic E-state index is 0.00132. The first-order valence-corrected chi connectivity index (χ1v) is 7.10. The monoisotopic (exact) mass is 239 g/mol. The minimum Gasteiger partial charge on any atom is -0.469 e. The first-order valence-electron chi connectivity index (χ1n) is 7.10. The van der Waals surface area contributed by atoms with Gasteiger partial charge in [-0.2, -0.15) is 0 Å². The number of carbonyl (C=O) groups excluding carboxylic acids is 1. The normalized spacial score (nSPS) is 31.1. The highest BCUT2D eigenvalue weighted by Gasteiger charge is 2.27. The van der Waals surface area contributed by atoms with E-state index in [-0.39, 0.29) is 11.9 Å². The van der Waals surface area contributed by atoms with Crippen molar-refractivity contribution >= 4 is 5.97 Å². The second-order valence-electron chi connectivity index (χ2n) is 5.60. The van der Waals surface area contributed by atoms with Crippen molar-refractivity contribution in [3.05, 3.63) is 0 Å². The number of hydrogen-bond acceptors (Lipinski definition) is 3. The van der Waals surface area contributed by atoms with Crippen LogP contribution in [-0.2, 0) is 9.53 Å². The number of piperidine rings is 1. The fourth-order valence-corrected chi connectivity index (χ4v) is 3.25. The third-order valence-corrected chi connectivity index (χ3v) is 4.35. The van der Waals surface area contributed by atoms with Gasteiger partial charge >= 0.3 is 5.97 Å². The van der Waals surface area contributed by atoms with E-state index < -0.39 is 0 Å². The molecule has 1 aliphatic carbocycles. The molecular weight excluding hydrogens is 214 g/mol. The average molecular weight is 239 g/mol. The molecule has 2 aliphatic rings. The Hall–Kier alpha value is -0.570. The smallest absolute Gasteiger partial charge is 0.308 e. The molecule has 0 aromatic rings. The van der Waals surface area contributed by atoms with Gasteiger partial charge in [0.05, 0.1) is 13.0 Å². The predicted molar refractivity (Wildman–Crippen MR) is 67.8 cm³/mol. The standard InChI is InChI=1S/C14H25NO2/c1-17-14(16)13-7-5-12(6-8-13)11-15-9-3-2-4-10-15/h12-13H,2-11H2,1H3. The highest BCUT2D eigenvalue weighted by molar-refractivity contribution is 5.72. The van der Waals surface area contributed by atoms with Gasteiger partial charge in [0, 0.05) is 6.54 Å². The van der Waals surface area contributed by atoms with Crippen LogP contribution in [0.1, 0.15) is 44.9 Å². The summed E-state index contributed by atoms with van der Waals surface area (Å²) in [4.78, 5) is 14.0. The molecule has 0 N–H and O–H groups in total. The highest BCUT2D eigenvalue weighted by Crippen LogP contribution is 2.30. The second kappa shape index (κ2) is 6.39. The number of methoxy groups -OCH3 is 1. The second-order valence-corrected chi connectivity index (χ2v) is 5.60. The van der Waals surface area contributed by atoms with E-state index in [0.29, 0.717) is 0 Å². The third kappa shape index (κ3) is 3.70. The lowest BCUT2D eigenvalue weighted by Gasteiger charge is -2.33. The minimum absolute atomic E-state index is 0.00132. The van der Waals surface area contributed by atoms with Crippen molar-refractivity contribution in [2.75, 3.05) is 26.7 Å². The molecule has 17 heavy (non-hydrogen) atoms. The van der Waals surface area contributed by atoms with Gasteiger partial charge in [-0.25, -0.2) is 0 Å². The van der Waals surface area contributed by atoms with Gasteiger partial charge in [-0.1, -0.05) is 6.42 Å². The van der Waals surface area contributed by atoms with Crippen molar-refractivity contribution < 1.29 is 9.53 Å². The molecule has 1 saturated carbocycles. The number of rotatable bonds is 3. The van der Waals surface area contributed by atoms with Crippen LogP contribution in [0, 0.1) is 11.8 Å².